The molecule has 1 aromatic rings. The zero-order valence-electron chi connectivity index (χ0n) is 10.0. The van der Waals surface area contributed by atoms with Crippen LogP contribution >= 0.6 is 11.8 Å². The third-order valence-corrected chi connectivity index (χ3v) is 4.37. The van der Waals surface area contributed by atoms with Crippen LogP contribution in [0.3, 0.4) is 0 Å². The van der Waals surface area contributed by atoms with E-state index in [1.54, 1.807) is 0 Å². The maximum Gasteiger partial charge on any atom is 0.0461 e. The third kappa shape index (κ3) is 2.59. The van der Waals surface area contributed by atoms with Crippen LogP contribution in [-0.2, 0) is 0 Å². The summed E-state index contributed by atoms with van der Waals surface area (Å²) < 4.78 is 0. The number of nitrogens with two attached hydrogens (primary N) is 1. The Kier molecular flexibility index (Phi) is 3.90. The van der Waals surface area contributed by atoms with Crippen LogP contribution in [0.5, 0.6) is 0 Å². The lowest BCUT2D eigenvalue weighted by molar-refractivity contribution is 0.237. The predicted molar refractivity (Wildman–Crippen MR) is 71.9 cm³/mol. The first-order chi connectivity index (χ1) is 7.68. The quantitative estimate of drug-likeness (QED) is 0.852. The molecule has 1 saturated heterocycles. The molecule has 3 heteroatoms. The molecule has 1 aromatic carbocycles. The lowest BCUT2D eigenvalue weighted by Gasteiger charge is -2.36. The highest BCUT2D eigenvalue weighted by Gasteiger charge is 2.26. The molecule has 0 spiro atoms. The number of nitrogens with zero attached hydrogens (tertiary/aromatic N) is 1. The van der Waals surface area contributed by atoms with Crippen molar-refractivity contribution in [3.8, 4) is 0 Å². The van der Waals surface area contributed by atoms with Gasteiger partial charge in [-0.15, -0.1) is 0 Å². The monoisotopic (exact) mass is 236 g/mol. The lowest BCUT2D eigenvalue weighted by Crippen LogP contribution is -2.46. The fourth-order valence-electron chi connectivity index (χ4n) is 2.09. The minimum Gasteiger partial charge on any atom is -0.323 e. The second-order valence-corrected chi connectivity index (χ2v) is 5.71. The van der Waals surface area contributed by atoms with E-state index < -0.39 is 0 Å². The Bertz CT molecular complexity index is 336. The molecular formula is C13H20N2S. The Labute approximate surface area is 102 Å². The Morgan fingerprint density at radius 1 is 1.38 bits per heavy atom. The molecule has 0 saturated carbocycles. The number of rotatable bonds is 2. The number of benzene rings is 1. The van der Waals surface area contributed by atoms with E-state index in [0.717, 1.165) is 12.3 Å². The summed E-state index contributed by atoms with van der Waals surface area (Å²) in [7, 11) is 2.18. The number of hydrogen-bond acceptors (Lipinski definition) is 3. The average Bonchev–Trinajstić information content (AvgIpc) is 2.30. The van der Waals surface area contributed by atoms with Gasteiger partial charge in [0.2, 0.25) is 0 Å². The molecule has 2 unspecified atom stereocenters. The van der Waals surface area contributed by atoms with Gasteiger partial charge in [-0.3, -0.25) is 4.90 Å². The highest BCUT2D eigenvalue weighted by atomic mass is 32.2. The van der Waals surface area contributed by atoms with E-state index in [1.807, 2.05) is 11.8 Å². The van der Waals surface area contributed by atoms with Gasteiger partial charge in [0.05, 0.1) is 0 Å². The second kappa shape index (κ2) is 5.21. The van der Waals surface area contributed by atoms with Gasteiger partial charge >= 0.3 is 0 Å². The molecule has 1 aliphatic rings. The summed E-state index contributed by atoms with van der Waals surface area (Å²) >= 11 is 2.01. The Morgan fingerprint density at radius 2 is 2.06 bits per heavy atom. The largest absolute Gasteiger partial charge is 0.323 e. The summed E-state index contributed by atoms with van der Waals surface area (Å²) in [5, 5.41) is 0. The molecule has 0 radical (unpaired) electrons. The van der Waals surface area contributed by atoms with Gasteiger partial charge in [-0.1, -0.05) is 29.8 Å². The molecule has 88 valence electrons. The van der Waals surface area contributed by atoms with Gasteiger partial charge in [-0.05, 0) is 19.5 Å². The Hall–Kier alpha value is -0.510. The fourth-order valence-corrected chi connectivity index (χ4v) is 3.38. The summed E-state index contributed by atoms with van der Waals surface area (Å²) in [6.45, 7) is 3.26. The third-order valence-electron chi connectivity index (χ3n) is 3.32. The van der Waals surface area contributed by atoms with E-state index in [9.17, 15) is 0 Å². The highest BCUT2D eigenvalue weighted by Crippen LogP contribution is 2.25. The molecule has 1 aliphatic heterocycles. The number of hydrogen-bond donors (Lipinski definition) is 1. The van der Waals surface area contributed by atoms with Crippen molar-refractivity contribution in [2.45, 2.75) is 19.0 Å². The molecular weight excluding hydrogens is 216 g/mol. The summed E-state index contributed by atoms with van der Waals surface area (Å²) in [4.78, 5) is 2.39. The molecule has 0 bridgehead atoms. The zero-order chi connectivity index (χ0) is 11.5. The molecule has 2 atom stereocenters. The standard InChI is InChI=1S/C13H20N2S/c1-10-3-5-11(6-4-10)13(14)12-9-16-8-7-15(12)2/h3-6,12-13H,7-9,14H2,1-2H3. The van der Waals surface area contributed by atoms with E-state index in [2.05, 4.69) is 43.1 Å². The predicted octanol–water partition coefficient (Wildman–Crippen LogP) is 2.04. The maximum atomic E-state index is 6.36. The van der Waals surface area contributed by atoms with Gasteiger partial charge in [-0.2, -0.15) is 11.8 Å². The molecule has 0 aliphatic carbocycles. The molecule has 2 nitrogen and oxygen atoms in total. The summed E-state index contributed by atoms with van der Waals surface area (Å²) in [5.41, 5.74) is 8.90. The van der Waals surface area contributed by atoms with Gasteiger partial charge in [0.15, 0.2) is 0 Å². The van der Waals surface area contributed by atoms with E-state index in [4.69, 9.17) is 5.73 Å². The van der Waals surface area contributed by atoms with Crippen LogP contribution in [0.4, 0.5) is 0 Å². The van der Waals surface area contributed by atoms with Crippen molar-refractivity contribution in [1.29, 1.82) is 0 Å². The van der Waals surface area contributed by atoms with Crippen LogP contribution in [0.1, 0.15) is 17.2 Å². The molecule has 0 amide bonds. The number of thioether (sulfide) groups is 1. The van der Waals surface area contributed by atoms with Gasteiger partial charge in [-0.25, -0.2) is 0 Å². The van der Waals surface area contributed by atoms with Crippen molar-refractivity contribution in [3.63, 3.8) is 0 Å². The number of likely N-dealkylation sites (N-methyl/N-ethyl adjacent to an activating group) is 1. The van der Waals surface area contributed by atoms with Crippen molar-refractivity contribution in [1.82, 2.24) is 4.90 Å². The van der Waals surface area contributed by atoms with Gasteiger partial charge in [0, 0.05) is 30.1 Å². The van der Waals surface area contributed by atoms with Gasteiger partial charge < -0.3 is 5.73 Å². The van der Waals surface area contributed by atoms with Crippen LogP contribution in [0.2, 0.25) is 0 Å². The van der Waals surface area contributed by atoms with Gasteiger partial charge in [0.25, 0.3) is 0 Å². The summed E-state index contributed by atoms with van der Waals surface area (Å²) in [6.07, 6.45) is 0. The Balaban J connectivity index is 2.11. The van der Waals surface area contributed by atoms with Crippen molar-refractivity contribution in [2.24, 2.45) is 5.73 Å². The second-order valence-electron chi connectivity index (χ2n) is 4.56. The molecule has 16 heavy (non-hydrogen) atoms. The normalized spacial score (nSPS) is 24.3. The summed E-state index contributed by atoms with van der Waals surface area (Å²) in [6, 6.07) is 9.22. The molecule has 0 aromatic heterocycles. The fraction of sp³-hybridized carbons (Fsp3) is 0.538. The summed E-state index contributed by atoms with van der Waals surface area (Å²) in [5.74, 6) is 2.37. The topological polar surface area (TPSA) is 29.3 Å². The van der Waals surface area contributed by atoms with Crippen molar-refractivity contribution in [2.75, 3.05) is 25.1 Å². The smallest absolute Gasteiger partial charge is 0.0461 e. The SMILES string of the molecule is Cc1ccc(C(N)C2CSCCN2C)cc1. The minimum atomic E-state index is 0.137. The van der Waals surface area contributed by atoms with Crippen LogP contribution in [0, 0.1) is 6.92 Å². The Morgan fingerprint density at radius 3 is 2.69 bits per heavy atom. The van der Waals surface area contributed by atoms with Gasteiger partial charge in [0.1, 0.15) is 0 Å². The molecule has 2 N–H and O–H groups in total. The van der Waals surface area contributed by atoms with Crippen molar-refractivity contribution >= 4 is 11.8 Å². The van der Waals surface area contributed by atoms with Crippen molar-refractivity contribution < 1.29 is 0 Å². The first-order valence-electron chi connectivity index (χ1n) is 5.78. The first kappa shape index (κ1) is 12.0. The minimum absolute atomic E-state index is 0.137. The van der Waals surface area contributed by atoms with E-state index in [-0.39, 0.29) is 6.04 Å². The zero-order valence-corrected chi connectivity index (χ0v) is 10.8. The maximum absolute atomic E-state index is 6.36. The van der Waals surface area contributed by atoms with Crippen LogP contribution in [0.25, 0.3) is 0 Å². The molecule has 1 heterocycles. The van der Waals surface area contributed by atoms with E-state index in [1.165, 1.54) is 16.9 Å². The highest BCUT2D eigenvalue weighted by molar-refractivity contribution is 7.99. The molecule has 1 fully saturated rings. The van der Waals surface area contributed by atoms with Crippen LogP contribution in [0.15, 0.2) is 24.3 Å². The average molecular weight is 236 g/mol. The lowest BCUT2D eigenvalue weighted by atomic mass is 9.99. The number of aryl methyl sites for hydroxylation is 1. The van der Waals surface area contributed by atoms with Crippen molar-refractivity contribution in [3.05, 3.63) is 35.4 Å². The van der Waals surface area contributed by atoms with Crippen LogP contribution < -0.4 is 5.73 Å². The van der Waals surface area contributed by atoms with E-state index in [0.29, 0.717) is 6.04 Å². The van der Waals surface area contributed by atoms with Crippen LogP contribution in [-0.4, -0.2) is 36.0 Å². The molecule has 2 rings (SSSR count). The van der Waals surface area contributed by atoms with E-state index >= 15 is 0 Å². The first-order valence-corrected chi connectivity index (χ1v) is 6.94.